The zero-order valence-electron chi connectivity index (χ0n) is 8.33. The molecule has 1 rings (SSSR count). The summed E-state index contributed by atoms with van der Waals surface area (Å²) in [7, 11) is 0. The summed E-state index contributed by atoms with van der Waals surface area (Å²) in [6.07, 6.45) is -1.78. The number of alkyl halides is 3. The summed E-state index contributed by atoms with van der Waals surface area (Å²) in [5.74, 6) is 5.24. The number of hydrogen-bond donors (Lipinski definition) is 2. The van der Waals surface area contributed by atoms with Crippen molar-refractivity contribution in [3.63, 3.8) is 0 Å². The number of nitrogens with two attached hydrogens (primary N) is 2. The highest BCUT2D eigenvalue weighted by molar-refractivity contribution is 5.68. The first-order valence-corrected chi connectivity index (χ1v) is 4.30. The number of hydrogen-bond acceptors (Lipinski definition) is 4. The highest BCUT2D eigenvalue weighted by Gasteiger charge is 2.30. The molecule has 0 bridgehead atoms. The topological polar surface area (TPSA) is 68.2 Å². The van der Waals surface area contributed by atoms with Crippen molar-refractivity contribution < 1.29 is 13.2 Å². The van der Waals surface area contributed by atoms with Crippen molar-refractivity contribution in [1.29, 1.82) is 0 Å². The van der Waals surface area contributed by atoms with Gasteiger partial charge in [0, 0.05) is 0 Å². The van der Waals surface area contributed by atoms with Gasteiger partial charge in [-0.15, -0.1) is 0 Å². The first kappa shape index (κ1) is 12.3. The molecule has 4 N–H and O–H groups in total. The monoisotopic (exact) mass is 232 g/mol. The van der Waals surface area contributed by atoms with Crippen molar-refractivity contribution in [2.45, 2.75) is 6.18 Å². The van der Waals surface area contributed by atoms with Crippen LogP contribution in [0.15, 0.2) is 18.8 Å². The second-order valence-electron chi connectivity index (χ2n) is 3.12. The lowest BCUT2D eigenvalue weighted by Crippen LogP contribution is -2.40. The molecule has 0 saturated carbocycles. The molecule has 0 spiro atoms. The predicted molar refractivity (Wildman–Crippen MR) is 56.3 cm³/mol. The Labute approximate surface area is 90.3 Å². The van der Waals surface area contributed by atoms with Crippen molar-refractivity contribution in [2.75, 3.05) is 17.3 Å². The Morgan fingerprint density at radius 2 is 2.12 bits per heavy atom. The number of rotatable bonds is 3. The van der Waals surface area contributed by atoms with Gasteiger partial charge in [-0.2, -0.15) is 13.2 Å². The molecule has 16 heavy (non-hydrogen) atoms. The molecule has 0 fully saturated rings. The van der Waals surface area contributed by atoms with Gasteiger partial charge in [-0.05, 0) is 12.1 Å². The number of hydrazine groups is 1. The molecule has 88 valence electrons. The number of pyridine rings is 1. The van der Waals surface area contributed by atoms with E-state index in [9.17, 15) is 13.2 Å². The van der Waals surface area contributed by atoms with E-state index in [2.05, 4.69) is 11.6 Å². The Hall–Kier alpha value is -1.76. The Kier molecular flexibility index (Phi) is 3.38. The minimum atomic E-state index is -4.39. The van der Waals surface area contributed by atoms with Gasteiger partial charge in [-0.3, -0.25) is 9.99 Å². The Bertz CT molecular complexity index is 389. The fourth-order valence-corrected chi connectivity index (χ4v) is 1.11. The molecule has 0 aliphatic carbocycles. The maximum absolute atomic E-state index is 12.1. The number of nitrogen functional groups attached to an aromatic ring is 1. The summed E-state index contributed by atoms with van der Waals surface area (Å²) < 4.78 is 36.2. The van der Waals surface area contributed by atoms with Gasteiger partial charge in [0.2, 0.25) is 0 Å². The summed E-state index contributed by atoms with van der Waals surface area (Å²) in [5.41, 5.74) is 6.17. The minimum Gasteiger partial charge on any atom is -0.397 e. The van der Waals surface area contributed by atoms with Gasteiger partial charge in [0.15, 0.2) is 0 Å². The van der Waals surface area contributed by atoms with Crippen LogP contribution in [-0.2, 0) is 0 Å². The summed E-state index contributed by atoms with van der Waals surface area (Å²) in [6, 6.07) is 1.40. The van der Waals surface area contributed by atoms with Crippen molar-refractivity contribution in [1.82, 2.24) is 4.98 Å². The molecule has 0 saturated heterocycles. The fourth-order valence-electron chi connectivity index (χ4n) is 1.11. The molecule has 0 aromatic carbocycles. The fraction of sp³-hybridized carbons (Fsp3) is 0.222. The van der Waals surface area contributed by atoms with Crippen LogP contribution in [0.5, 0.6) is 0 Å². The van der Waals surface area contributed by atoms with E-state index < -0.39 is 12.7 Å². The average molecular weight is 232 g/mol. The van der Waals surface area contributed by atoms with Crippen molar-refractivity contribution in [3.05, 3.63) is 24.5 Å². The maximum atomic E-state index is 12.1. The van der Waals surface area contributed by atoms with Crippen LogP contribution in [0.3, 0.4) is 0 Å². The molecule has 0 aliphatic heterocycles. The van der Waals surface area contributed by atoms with E-state index in [-0.39, 0.29) is 11.4 Å². The summed E-state index contributed by atoms with van der Waals surface area (Å²) >= 11 is 0. The normalized spacial score (nSPS) is 11.2. The first-order chi connectivity index (χ1) is 7.33. The molecule has 7 heteroatoms. The van der Waals surface area contributed by atoms with Crippen LogP contribution in [0.4, 0.5) is 24.5 Å². The lowest BCUT2D eigenvalue weighted by molar-refractivity contribution is -0.119. The van der Waals surface area contributed by atoms with Gasteiger partial charge in [0.25, 0.3) is 0 Å². The molecule has 0 amide bonds. The second-order valence-corrected chi connectivity index (χ2v) is 3.12. The third-order valence-electron chi connectivity index (χ3n) is 1.80. The van der Waals surface area contributed by atoms with E-state index in [0.717, 1.165) is 0 Å². The highest BCUT2D eigenvalue weighted by Crippen LogP contribution is 2.24. The molecule has 0 unspecified atom stereocenters. The van der Waals surface area contributed by atoms with Crippen molar-refractivity contribution in [3.8, 4) is 0 Å². The molecule has 0 radical (unpaired) electrons. The van der Waals surface area contributed by atoms with Crippen LogP contribution in [0, 0.1) is 0 Å². The van der Waals surface area contributed by atoms with Crippen LogP contribution >= 0.6 is 0 Å². The van der Waals surface area contributed by atoms with E-state index in [0.29, 0.717) is 10.7 Å². The molecule has 1 heterocycles. The second kappa shape index (κ2) is 4.40. The van der Waals surface area contributed by atoms with Crippen molar-refractivity contribution in [2.24, 2.45) is 5.84 Å². The van der Waals surface area contributed by atoms with E-state index in [1.165, 1.54) is 18.3 Å². The predicted octanol–water partition coefficient (Wildman–Crippen LogP) is 1.55. The highest BCUT2D eigenvalue weighted by atomic mass is 19.4. The molecular weight excluding hydrogens is 221 g/mol. The van der Waals surface area contributed by atoms with Crippen LogP contribution in [-0.4, -0.2) is 17.7 Å². The van der Waals surface area contributed by atoms with Gasteiger partial charge in [0.05, 0.1) is 23.3 Å². The Morgan fingerprint density at radius 1 is 1.50 bits per heavy atom. The molecule has 0 aliphatic rings. The quantitative estimate of drug-likeness (QED) is 0.612. The number of aromatic nitrogens is 1. The third-order valence-corrected chi connectivity index (χ3v) is 1.80. The van der Waals surface area contributed by atoms with Crippen LogP contribution in [0.2, 0.25) is 0 Å². The summed E-state index contributed by atoms with van der Waals surface area (Å²) in [4.78, 5) is 3.82. The average Bonchev–Trinajstić information content (AvgIpc) is 2.14. The van der Waals surface area contributed by atoms with E-state index in [1.54, 1.807) is 0 Å². The number of halogens is 3. The molecule has 0 atom stereocenters. The molecule has 1 aromatic rings. The maximum Gasteiger partial charge on any atom is 0.407 e. The van der Waals surface area contributed by atoms with Crippen LogP contribution in [0.1, 0.15) is 5.69 Å². The number of nitrogens with zero attached hydrogens (tertiary/aromatic N) is 2. The smallest absolute Gasteiger partial charge is 0.397 e. The number of anilines is 2. The van der Waals surface area contributed by atoms with Gasteiger partial charge in [-0.25, -0.2) is 5.84 Å². The van der Waals surface area contributed by atoms with Gasteiger partial charge in [-0.1, -0.05) is 6.58 Å². The largest absolute Gasteiger partial charge is 0.407 e. The molecule has 1 aromatic heterocycles. The lowest BCUT2D eigenvalue weighted by atomic mass is 10.2. The standard InChI is InChI=1S/C9H11F3N4/c1-2-6-3-7(13)8(4-15-6)16(14)5-9(10,11)12/h2-4H,1,5,14H2,(H2,13,15). The van der Waals surface area contributed by atoms with Crippen molar-refractivity contribution >= 4 is 17.5 Å². The van der Waals surface area contributed by atoms with E-state index in [4.69, 9.17) is 11.6 Å². The lowest BCUT2D eigenvalue weighted by Gasteiger charge is -2.21. The van der Waals surface area contributed by atoms with E-state index in [1.807, 2.05) is 0 Å². The Morgan fingerprint density at radius 3 is 2.56 bits per heavy atom. The van der Waals surface area contributed by atoms with Crippen LogP contribution in [0.25, 0.3) is 6.08 Å². The SMILES string of the molecule is C=Cc1cc(N)c(N(N)CC(F)(F)F)cn1. The van der Waals surface area contributed by atoms with Gasteiger partial charge < -0.3 is 5.73 Å². The van der Waals surface area contributed by atoms with Crippen LogP contribution < -0.4 is 16.6 Å². The third kappa shape index (κ3) is 3.13. The summed E-state index contributed by atoms with van der Waals surface area (Å²) in [5, 5.41) is 0.509. The zero-order valence-corrected chi connectivity index (χ0v) is 8.33. The Balaban J connectivity index is 2.92. The first-order valence-electron chi connectivity index (χ1n) is 4.30. The zero-order chi connectivity index (χ0) is 12.3. The van der Waals surface area contributed by atoms with E-state index >= 15 is 0 Å². The van der Waals surface area contributed by atoms with Gasteiger partial charge in [0.1, 0.15) is 6.54 Å². The molecule has 4 nitrogen and oxygen atoms in total. The van der Waals surface area contributed by atoms with Gasteiger partial charge >= 0.3 is 6.18 Å². The minimum absolute atomic E-state index is 0.0305. The summed E-state index contributed by atoms with van der Waals surface area (Å²) in [6.45, 7) is 2.18. The molecular formula is C9H11F3N4.